The fourth-order valence-electron chi connectivity index (χ4n) is 1.77. The summed E-state index contributed by atoms with van der Waals surface area (Å²) in [6, 6.07) is 5.31. The minimum absolute atomic E-state index is 0.109. The highest BCUT2D eigenvalue weighted by atomic mass is 16.3. The van der Waals surface area contributed by atoms with Crippen LogP contribution in [0.4, 0.5) is 0 Å². The van der Waals surface area contributed by atoms with Gasteiger partial charge in [0.2, 0.25) is 0 Å². The molecule has 0 spiro atoms. The van der Waals surface area contributed by atoms with Crippen molar-refractivity contribution >= 4 is 16.9 Å². The predicted octanol–water partition coefficient (Wildman–Crippen LogP) is 1.02. The number of fused-ring (bicyclic) bond motifs is 1. The van der Waals surface area contributed by atoms with Crippen molar-refractivity contribution in [3.05, 3.63) is 30.1 Å². The first-order valence-electron chi connectivity index (χ1n) is 5.44. The molecule has 2 N–H and O–H groups in total. The van der Waals surface area contributed by atoms with Gasteiger partial charge < -0.3 is 15.0 Å². The van der Waals surface area contributed by atoms with Gasteiger partial charge in [0, 0.05) is 19.2 Å². The number of imidazole rings is 1. The van der Waals surface area contributed by atoms with Gasteiger partial charge in [0.1, 0.15) is 0 Å². The Hall–Kier alpha value is -1.88. The van der Waals surface area contributed by atoms with E-state index < -0.39 is 6.10 Å². The Bertz CT molecular complexity index is 533. The zero-order chi connectivity index (χ0) is 12.4. The third-order valence-corrected chi connectivity index (χ3v) is 2.55. The standard InChI is InChI=1S/C12H15N3O2/c1-8(16)6-15(2)12(17)9-3-4-10-11(5-9)14-7-13-10/h3-5,7-8,16H,6H2,1-2H3,(H,13,14). The van der Waals surface area contributed by atoms with Crippen molar-refractivity contribution in [2.24, 2.45) is 0 Å². The number of likely N-dealkylation sites (N-methyl/N-ethyl adjacent to an activating group) is 1. The topological polar surface area (TPSA) is 69.2 Å². The number of aromatic amines is 1. The van der Waals surface area contributed by atoms with Gasteiger partial charge in [-0.3, -0.25) is 4.79 Å². The van der Waals surface area contributed by atoms with Crippen LogP contribution in [0.3, 0.4) is 0 Å². The van der Waals surface area contributed by atoms with E-state index in [-0.39, 0.29) is 5.91 Å². The minimum atomic E-state index is -0.528. The van der Waals surface area contributed by atoms with Crippen LogP contribution < -0.4 is 0 Å². The highest BCUT2D eigenvalue weighted by Crippen LogP contribution is 2.13. The number of rotatable bonds is 3. The lowest BCUT2D eigenvalue weighted by Crippen LogP contribution is -2.32. The SMILES string of the molecule is CC(O)CN(C)C(=O)c1ccc2nc[nH]c2c1. The molecule has 0 aliphatic heterocycles. The van der Waals surface area contributed by atoms with E-state index in [1.54, 1.807) is 38.5 Å². The van der Waals surface area contributed by atoms with Crippen LogP contribution >= 0.6 is 0 Å². The van der Waals surface area contributed by atoms with Gasteiger partial charge in [-0.05, 0) is 25.1 Å². The van der Waals surface area contributed by atoms with E-state index in [0.717, 1.165) is 11.0 Å². The molecule has 1 atom stereocenters. The molecule has 17 heavy (non-hydrogen) atoms. The molecule has 5 heteroatoms. The van der Waals surface area contributed by atoms with Gasteiger partial charge in [-0.1, -0.05) is 0 Å². The number of carbonyl (C=O) groups excluding carboxylic acids is 1. The van der Waals surface area contributed by atoms with Gasteiger partial charge >= 0.3 is 0 Å². The Kier molecular flexibility index (Phi) is 3.10. The Labute approximate surface area is 99.1 Å². The van der Waals surface area contributed by atoms with Gasteiger partial charge in [0.05, 0.1) is 23.5 Å². The number of hydrogen-bond donors (Lipinski definition) is 2. The van der Waals surface area contributed by atoms with Gasteiger partial charge in [0.25, 0.3) is 5.91 Å². The average molecular weight is 233 g/mol. The van der Waals surface area contributed by atoms with Crippen LogP contribution in [-0.2, 0) is 0 Å². The van der Waals surface area contributed by atoms with Gasteiger partial charge in [0.15, 0.2) is 0 Å². The number of nitrogens with zero attached hydrogens (tertiary/aromatic N) is 2. The second-order valence-electron chi connectivity index (χ2n) is 4.17. The fourth-order valence-corrected chi connectivity index (χ4v) is 1.77. The van der Waals surface area contributed by atoms with Crippen molar-refractivity contribution in [2.45, 2.75) is 13.0 Å². The van der Waals surface area contributed by atoms with Crippen molar-refractivity contribution in [1.82, 2.24) is 14.9 Å². The highest BCUT2D eigenvalue weighted by Gasteiger charge is 2.13. The molecule has 0 fully saturated rings. The first-order chi connectivity index (χ1) is 8.08. The quantitative estimate of drug-likeness (QED) is 0.831. The molecule has 1 unspecified atom stereocenters. The number of amides is 1. The molecule has 0 aliphatic carbocycles. The normalized spacial score (nSPS) is 12.6. The second-order valence-corrected chi connectivity index (χ2v) is 4.17. The van der Waals surface area contributed by atoms with Crippen molar-refractivity contribution in [1.29, 1.82) is 0 Å². The van der Waals surface area contributed by atoms with E-state index in [9.17, 15) is 9.90 Å². The van der Waals surface area contributed by atoms with Crippen LogP contribution in [-0.4, -0.2) is 45.6 Å². The van der Waals surface area contributed by atoms with Crippen LogP contribution in [0.5, 0.6) is 0 Å². The van der Waals surface area contributed by atoms with E-state index in [1.165, 1.54) is 4.90 Å². The van der Waals surface area contributed by atoms with Crippen molar-refractivity contribution in [2.75, 3.05) is 13.6 Å². The van der Waals surface area contributed by atoms with Crippen LogP contribution in [0.2, 0.25) is 0 Å². The van der Waals surface area contributed by atoms with Gasteiger partial charge in [-0.25, -0.2) is 4.98 Å². The molecule has 1 heterocycles. The molecular weight excluding hydrogens is 218 g/mol. The van der Waals surface area contributed by atoms with E-state index in [1.807, 2.05) is 0 Å². The third-order valence-electron chi connectivity index (χ3n) is 2.55. The first kappa shape index (κ1) is 11.6. The molecular formula is C12H15N3O2. The number of carbonyl (C=O) groups is 1. The average Bonchev–Trinajstić information content (AvgIpc) is 2.73. The summed E-state index contributed by atoms with van der Waals surface area (Å²) in [6.07, 6.45) is 1.07. The zero-order valence-corrected chi connectivity index (χ0v) is 9.84. The van der Waals surface area contributed by atoms with Crippen LogP contribution in [0.1, 0.15) is 17.3 Å². The zero-order valence-electron chi connectivity index (χ0n) is 9.84. The molecule has 90 valence electrons. The monoisotopic (exact) mass is 233 g/mol. The third kappa shape index (κ3) is 2.45. The largest absolute Gasteiger partial charge is 0.392 e. The lowest BCUT2D eigenvalue weighted by Gasteiger charge is -2.18. The molecule has 5 nitrogen and oxygen atoms in total. The molecule has 0 aliphatic rings. The van der Waals surface area contributed by atoms with Crippen LogP contribution in [0.25, 0.3) is 11.0 Å². The maximum atomic E-state index is 12.0. The van der Waals surface area contributed by atoms with Crippen molar-refractivity contribution < 1.29 is 9.90 Å². The van der Waals surface area contributed by atoms with E-state index in [0.29, 0.717) is 12.1 Å². The molecule has 2 aromatic rings. The predicted molar refractivity (Wildman–Crippen MR) is 64.7 cm³/mol. The summed E-state index contributed by atoms with van der Waals surface area (Å²) < 4.78 is 0. The number of aromatic nitrogens is 2. The molecule has 0 saturated heterocycles. The second kappa shape index (κ2) is 4.55. The molecule has 0 bridgehead atoms. The first-order valence-corrected chi connectivity index (χ1v) is 5.44. The number of aliphatic hydroxyl groups excluding tert-OH is 1. The number of hydrogen-bond acceptors (Lipinski definition) is 3. The Morgan fingerprint density at radius 3 is 3.06 bits per heavy atom. The van der Waals surface area contributed by atoms with Crippen molar-refractivity contribution in [3.63, 3.8) is 0 Å². The van der Waals surface area contributed by atoms with E-state index in [4.69, 9.17) is 0 Å². The molecule has 1 aromatic heterocycles. The van der Waals surface area contributed by atoms with Gasteiger partial charge in [-0.15, -0.1) is 0 Å². The lowest BCUT2D eigenvalue weighted by atomic mass is 10.1. The summed E-state index contributed by atoms with van der Waals surface area (Å²) >= 11 is 0. The summed E-state index contributed by atoms with van der Waals surface area (Å²) in [5.74, 6) is -0.109. The molecule has 0 radical (unpaired) electrons. The summed E-state index contributed by atoms with van der Waals surface area (Å²) in [6.45, 7) is 1.97. The van der Waals surface area contributed by atoms with Crippen LogP contribution in [0, 0.1) is 0 Å². The number of nitrogens with one attached hydrogen (secondary N) is 1. The van der Waals surface area contributed by atoms with E-state index in [2.05, 4.69) is 9.97 Å². The maximum Gasteiger partial charge on any atom is 0.253 e. The van der Waals surface area contributed by atoms with Gasteiger partial charge in [-0.2, -0.15) is 0 Å². The summed E-state index contributed by atoms with van der Waals surface area (Å²) in [4.78, 5) is 20.6. The summed E-state index contributed by atoms with van der Waals surface area (Å²) in [7, 11) is 1.67. The van der Waals surface area contributed by atoms with Crippen LogP contribution in [0.15, 0.2) is 24.5 Å². The number of H-pyrrole nitrogens is 1. The Morgan fingerprint density at radius 2 is 2.35 bits per heavy atom. The van der Waals surface area contributed by atoms with Crippen molar-refractivity contribution in [3.8, 4) is 0 Å². The minimum Gasteiger partial charge on any atom is -0.392 e. The maximum absolute atomic E-state index is 12.0. The summed E-state index contributed by atoms with van der Waals surface area (Å²) in [5.41, 5.74) is 2.26. The lowest BCUT2D eigenvalue weighted by molar-refractivity contribution is 0.0704. The summed E-state index contributed by atoms with van der Waals surface area (Å²) in [5, 5.41) is 9.25. The number of benzene rings is 1. The Balaban J connectivity index is 2.23. The molecule has 0 saturated carbocycles. The molecule has 1 amide bonds. The highest BCUT2D eigenvalue weighted by molar-refractivity contribution is 5.97. The molecule has 1 aromatic carbocycles. The van der Waals surface area contributed by atoms with E-state index >= 15 is 0 Å². The number of aliphatic hydroxyl groups is 1. The molecule has 2 rings (SSSR count). The Morgan fingerprint density at radius 1 is 1.59 bits per heavy atom. The smallest absolute Gasteiger partial charge is 0.253 e. The fraction of sp³-hybridized carbons (Fsp3) is 0.333.